The number of nitrogens with zero attached hydrogens (tertiary/aromatic N) is 1. The molecule has 0 saturated carbocycles. The van der Waals surface area contributed by atoms with E-state index in [0.29, 0.717) is 6.54 Å². The molecule has 4 N–H and O–H groups in total. The second-order valence-electron chi connectivity index (χ2n) is 3.33. The molecule has 0 aliphatic carbocycles. The van der Waals surface area contributed by atoms with Crippen LogP contribution in [0.3, 0.4) is 0 Å². The number of hydrogen-bond acceptors (Lipinski definition) is 3. The van der Waals surface area contributed by atoms with Crippen molar-refractivity contribution in [2.75, 3.05) is 25.0 Å². The number of benzene rings is 1. The van der Waals surface area contributed by atoms with Crippen molar-refractivity contribution in [2.45, 2.75) is 6.04 Å². The van der Waals surface area contributed by atoms with Gasteiger partial charge in [0.25, 0.3) is 0 Å². The van der Waals surface area contributed by atoms with Crippen molar-refractivity contribution < 1.29 is 0 Å². The molecule has 1 unspecified atom stereocenters. The molecule has 0 bridgehead atoms. The molecule has 0 aromatic heterocycles. The van der Waals surface area contributed by atoms with E-state index in [1.165, 1.54) is 0 Å². The minimum atomic E-state index is 0.0205. The maximum Gasteiger partial charge on any atom is 0.0508 e. The van der Waals surface area contributed by atoms with Crippen LogP contribution in [-0.2, 0) is 0 Å². The zero-order valence-electron chi connectivity index (χ0n) is 8.28. The molecule has 1 aromatic rings. The summed E-state index contributed by atoms with van der Waals surface area (Å²) in [7, 11) is 2.01. The number of anilines is 1. The van der Waals surface area contributed by atoms with E-state index in [9.17, 15) is 0 Å². The summed E-state index contributed by atoms with van der Waals surface area (Å²) in [6.07, 6.45) is 0. The molecule has 0 radical (unpaired) electrons. The predicted octanol–water partition coefficient (Wildman–Crippen LogP) is 1.17. The van der Waals surface area contributed by atoms with Gasteiger partial charge in [0.2, 0.25) is 0 Å². The van der Waals surface area contributed by atoms with Crippen molar-refractivity contribution in [3.05, 3.63) is 28.7 Å². The van der Waals surface area contributed by atoms with Gasteiger partial charge in [0.05, 0.1) is 5.69 Å². The van der Waals surface area contributed by atoms with Gasteiger partial charge in [-0.25, -0.2) is 0 Å². The lowest BCUT2D eigenvalue weighted by Gasteiger charge is -2.23. The summed E-state index contributed by atoms with van der Waals surface area (Å²) in [5.41, 5.74) is 12.4. The average Bonchev–Trinajstić information content (AvgIpc) is 2.18. The molecule has 78 valence electrons. The van der Waals surface area contributed by atoms with Gasteiger partial charge in [-0.1, -0.05) is 12.1 Å². The first kappa shape index (κ1) is 11.5. The van der Waals surface area contributed by atoms with Crippen LogP contribution in [0.4, 0.5) is 5.69 Å². The maximum atomic E-state index is 5.78. The number of halogens is 1. The molecular formula is C10H16BrN3. The number of hydrogen-bond donors (Lipinski definition) is 2. The lowest BCUT2D eigenvalue weighted by molar-refractivity contribution is 0.667. The third-order valence-electron chi connectivity index (χ3n) is 2.07. The van der Waals surface area contributed by atoms with Gasteiger partial charge in [0.1, 0.15) is 0 Å². The van der Waals surface area contributed by atoms with Crippen LogP contribution in [0.1, 0.15) is 0 Å². The highest BCUT2D eigenvalue weighted by Crippen LogP contribution is 2.24. The Bertz CT molecular complexity index is 290. The molecule has 1 aromatic carbocycles. The molecule has 0 spiro atoms. The molecule has 4 heteroatoms. The van der Waals surface area contributed by atoms with Crippen molar-refractivity contribution in [3.63, 3.8) is 0 Å². The van der Waals surface area contributed by atoms with Crippen LogP contribution in [0.25, 0.3) is 0 Å². The molecule has 0 heterocycles. The zero-order chi connectivity index (χ0) is 10.6. The Labute approximate surface area is 93.2 Å². The zero-order valence-corrected chi connectivity index (χ0v) is 9.87. The maximum absolute atomic E-state index is 5.78. The monoisotopic (exact) mass is 257 g/mol. The quantitative estimate of drug-likeness (QED) is 0.852. The number of likely N-dealkylation sites (N-methyl/N-ethyl adjacent to an activating group) is 1. The SMILES string of the molecule is CN(CC(N)CN)c1ccccc1Br. The summed E-state index contributed by atoms with van der Waals surface area (Å²) in [5, 5.41) is 0. The molecule has 3 nitrogen and oxygen atoms in total. The second-order valence-corrected chi connectivity index (χ2v) is 4.18. The van der Waals surface area contributed by atoms with E-state index in [1.807, 2.05) is 31.3 Å². The second kappa shape index (κ2) is 5.34. The molecular weight excluding hydrogens is 242 g/mol. The summed E-state index contributed by atoms with van der Waals surface area (Å²) < 4.78 is 1.08. The van der Waals surface area contributed by atoms with Crippen LogP contribution >= 0.6 is 15.9 Å². The van der Waals surface area contributed by atoms with E-state index < -0.39 is 0 Å². The number of para-hydroxylation sites is 1. The highest BCUT2D eigenvalue weighted by atomic mass is 79.9. The normalized spacial score (nSPS) is 12.6. The molecule has 1 rings (SSSR count). The Morgan fingerprint density at radius 2 is 2.07 bits per heavy atom. The van der Waals surface area contributed by atoms with E-state index in [4.69, 9.17) is 11.5 Å². The lowest BCUT2D eigenvalue weighted by Crippen LogP contribution is -2.40. The van der Waals surface area contributed by atoms with E-state index in [2.05, 4.69) is 20.8 Å². The lowest BCUT2D eigenvalue weighted by atomic mass is 10.2. The minimum Gasteiger partial charge on any atom is -0.372 e. The Hall–Kier alpha value is -0.580. The summed E-state index contributed by atoms with van der Waals surface area (Å²) in [6, 6.07) is 8.08. The van der Waals surface area contributed by atoms with Crippen molar-refractivity contribution in [1.82, 2.24) is 0 Å². The fourth-order valence-electron chi connectivity index (χ4n) is 1.29. The minimum absolute atomic E-state index is 0.0205. The van der Waals surface area contributed by atoms with Crippen molar-refractivity contribution in [3.8, 4) is 0 Å². The van der Waals surface area contributed by atoms with E-state index in [0.717, 1.165) is 16.7 Å². The molecule has 14 heavy (non-hydrogen) atoms. The molecule has 0 aliphatic rings. The topological polar surface area (TPSA) is 55.3 Å². The smallest absolute Gasteiger partial charge is 0.0508 e. The predicted molar refractivity (Wildman–Crippen MR) is 64.4 cm³/mol. The van der Waals surface area contributed by atoms with E-state index in [-0.39, 0.29) is 6.04 Å². The first-order valence-electron chi connectivity index (χ1n) is 4.56. The highest BCUT2D eigenvalue weighted by molar-refractivity contribution is 9.10. The van der Waals surface area contributed by atoms with Crippen LogP contribution < -0.4 is 16.4 Å². The van der Waals surface area contributed by atoms with Gasteiger partial charge in [-0.2, -0.15) is 0 Å². The molecule has 0 fully saturated rings. The van der Waals surface area contributed by atoms with Crippen molar-refractivity contribution in [2.24, 2.45) is 11.5 Å². The fourth-order valence-corrected chi connectivity index (χ4v) is 1.87. The van der Waals surface area contributed by atoms with Gasteiger partial charge in [-0.15, -0.1) is 0 Å². The third-order valence-corrected chi connectivity index (χ3v) is 2.75. The molecule has 0 aliphatic heterocycles. The number of rotatable bonds is 4. The van der Waals surface area contributed by atoms with Gasteiger partial charge in [-0.3, -0.25) is 0 Å². The van der Waals surface area contributed by atoms with Gasteiger partial charge >= 0.3 is 0 Å². The van der Waals surface area contributed by atoms with Crippen LogP contribution in [0, 0.1) is 0 Å². The van der Waals surface area contributed by atoms with Crippen LogP contribution in [0.15, 0.2) is 28.7 Å². The third kappa shape index (κ3) is 2.97. The summed E-state index contributed by atoms with van der Waals surface area (Å²) in [4.78, 5) is 2.10. The summed E-state index contributed by atoms with van der Waals surface area (Å²) >= 11 is 3.49. The Morgan fingerprint density at radius 3 is 2.64 bits per heavy atom. The van der Waals surface area contributed by atoms with Crippen LogP contribution in [0.2, 0.25) is 0 Å². The first-order chi connectivity index (χ1) is 6.65. The van der Waals surface area contributed by atoms with Gasteiger partial charge < -0.3 is 16.4 Å². The number of nitrogens with two attached hydrogens (primary N) is 2. The van der Waals surface area contributed by atoms with Gasteiger partial charge in [0.15, 0.2) is 0 Å². The molecule has 0 amide bonds. The summed E-state index contributed by atoms with van der Waals surface area (Å²) in [6.45, 7) is 1.27. The van der Waals surface area contributed by atoms with Crippen molar-refractivity contribution >= 4 is 21.6 Å². The molecule has 1 atom stereocenters. The van der Waals surface area contributed by atoms with Crippen LogP contribution in [0.5, 0.6) is 0 Å². The fraction of sp³-hybridized carbons (Fsp3) is 0.400. The Balaban J connectivity index is 2.69. The average molecular weight is 258 g/mol. The first-order valence-corrected chi connectivity index (χ1v) is 5.35. The van der Waals surface area contributed by atoms with Gasteiger partial charge in [0, 0.05) is 30.7 Å². The Morgan fingerprint density at radius 1 is 1.43 bits per heavy atom. The largest absolute Gasteiger partial charge is 0.372 e. The van der Waals surface area contributed by atoms with Crippen molar-refractivity contribution in [1.29, 1.82) is 0 Å². The standard InChI is InChI=1S/C10H16BrN3/c1-14(7-8(13)6-12)10-5-3-2-4-9(10)11/h2-5,8H,6-7,12-13H2,1H3. The van der Waals surface area contributed by atoms with E-state index in [1.54, 1.807) is 0 Å². The van der Waals surface area contributed by atoms with E-state index >= 15 is 0 Å². The summed E-state index contributed by atoms with van der Waals surface area (Å²) in [5.74, 6) is 0. The highest BCUT2D eigenvalue weighted by Gasteiger charge is 2.07. The van der Waals surface area contributed by atoms with Gasteiger partial charge in [-0.05, 0) is 28.1 Å². The Kier molecular flexibility index (Phi) is 4.38. The molecule has 0 saturated heterocycles. The van der Waals surface area contributed by atoms with Crippen LogP contribution in [-0.4, -0.2) is 26.2 Å².